The highest BCUT2D eigenvalue weighted by molar-refractivity contribution is 8.15. The molecule has 0 radical (unpaired) electrons. The molecule has 1 saturated heterocycles. The third-order valence-electron chi connectivity index (χ3n) is 5.12. The second kappa shape index (κ2) is 9.17. The zero-order valence-corrected chi connectivity index (χ0v) is 17.5. The average Bonchev–Trinajstić information content (AvgIpc) is 3.32. The van der Waals surface area contributed by atoms with Gasteiger partial charge in [0.2, 0.25) is 5.91 Å². The number of ether oxygens (including phenoxy) is 1. The van der Waals surface area contributed by atoms with E-state index < -0.39 is 5.25 Å². The maximum absolute atomic E-state index is 13.0. The Bertz CT molecular complexity index is 1080. The number of methoxy groups -OCH3 is 1. The molecular weight excluding hydrogens is 398 g/mol. The van der Waals surface area contributed by atoms with Crippen LogP contribution in [-0.4, -0.2) is 45.8 Å². The van der Waals surface area contributed by atoms with Gasteiger partial charge in [-0.25, -0.2) is 0 Å². The molecule has 1 amide bonds. The Morgan fingerprint density at radius 1 is 1.17 bits per heavy atom. The first-order valence-electron chi connectivity index (χ1n) is 9.84. The van der Waals surface area contributed by atoms with Gasteiger partial charge in [0.05, 0.1) is 20.1 Å². The molecule has 1 fully saturated rings. The number of aromatic nitrogens is 1. The van der Waals surface area contributed by atoms with Crippen LogP contribution >= 0.6 is 11.8 Å². The van der Waals surface area contributed by atoms with Crippen molar-refractivity contribution < 1.29 is 14.3 Å². The number of hydrogen-bond donors (Lipinski definition) is 1. The average molecular weight is 422 g/mol. The smallest absolute Gasteiger partial charge is 0.307 e. The Kier molecular flexibility index (Phi) is 6.18. The molecule has 7 heteroatoms. The standard InChI is InChI=1S/C23H23N3O3S/c1-29-21(27)13-20-22(28)26(23(30-20)25-14-16-7-3-2-4-8-16)12-11-17-15-24-19-10-6-5-9-18(17)19/h2-10,15,20,24H,11-14H2,1H3/t20-/m0/s1. The SMILES string of the molecule is COC(=O)C[C@@H]1SC(=NCc2ccccc2)N(CCc2c[nH]c3ccccc23)C1=O. The predicted molar refractivity (Wildman–Crippen MR) is 119 cm³/mol. The van der Waals surface area contributed by atoms with Gasteiger partial charge in [0.25, 0.3) is 0 Å². The van der Waals surface area contributed by atoms with Gasteiger partial charge in [0.15, 0.2) is 5.17 Å². The molecule has 1 atom stereocenters. The van der Waals surface area contributed by atoms with Crippen LogP contribution in [0.25, 0.3) is 10.9 Å². The fourth-order valence-corrected chi connectivity index (χ4v) is 4.66. The van der Waals surface area contributed by atoms with Gasteiger partial charge in [0, 0.05) is 23.6 Å². The molecule has 154 valence electrons. The number of amides is 1. The van der Waals surface area contributed by atoms with Crippen molar-refractivity contribution in [3.8, 4) is 0 Å². The van der Waals surface area contributed by atoms with Gasteiger partial charge in [0.1, 0.15) is 5.25 Å². The molecule has 2 heterocycles. The molecule has 6 nitrogen and oxygen atoms in total. The zero-order chi connectivity index (χ0) is 20.9. The summed E-state index contributed by atoms with van der Waals surface area (Å²) >= 11 is 1.35. The summed E-state index contributed by atoms with van der Waals surface area (Å²) in [7, 11) is 1.34. The lowest BCUT2D eigenvalue weighted by atomic mass is 10.1. The predicted octanol–water partition coefficient (Wildman–Crippen LogP) is 3.77. The number of amidine groups is 1. The molecular formula is C23H23N3O3S. The first-order valence-corrected chi connectivity index (χ1v) is 10.7. The second-order valence-electron chi connectivity index (χ2n) is 7.07. The van der Waals surface area contributed by atoms with Gasteiger partial charge in [-0.15, -0.1) is 0 Å². The van der Waals surface area contributed by atoms with Crippen LogP contribution in [0.15, 0.2) is 65.8 Å². The van der Waals surface area contributed by atoms with Crippen LogP contribution in [0.3, 0.4) is 0 Å². The highest BCUT2D eigenvalue weighted by Crippen LogP contribution is 2.31. The number of H-pyrrole nitrogens is 1. The van der Waals surface area contributed by atoms with E-state index >= 15 is 0 Å². The maximum atomic E-state index is 13.0. The van der Waals surface area contributed by atoms with Crippen molar-refractivity contribution in [1.82, 2.24) is 9.88 Å². The minimum atomic E-state index is -0.491. The van der Waals surface area contributed by atoms with Crippen LogP contribution in [0.4, 0.5) is 0 Å². The van der Waals surface area contributed by atoms with Crippen molar-refractivity contribution in [3.63, 3.8) is 0 Å². The van der Waals surface area contributed by atoms with Crippen molar-refractivity contribution >= 4 is 39.7 Å². The number of hydrogen-bond acceptors (Lipinski definition) is 5. The molecule has 1 aliphatic heterocycles. The maximum Gasteiger partial charge on any atom is 0.307 e. The number of rotatable bonds is 7. The van der Waals surface area contributed by atoms with Crippen molar-refractivity contribution in [2.45, 2.75) is 24.6 Å². The molecule has 0 aliphatic carbocycles. The Morgan fingerprint density at radius 2 is 1.93 bits per heavy atom. The molecule has 0 saturated carbocycles. The number of esters is 1. The van der Waals surface area contributed by atoms with E-state index in [2.05, 4.69) is 11.1 Å². The van der Waals surface area contributed by atoms with Gasteiger partial charge >= 0.3 is 5.97 Å². The molecule has 0 spiro atoms. The summed E-state index contributed by atoms with van der Waals surface area (Å²) in [6.45, 7) is 1.00. The number of para-hydroxylation sites is 1. The van der Waals surface area contributed by atoms with Gasteiger partial charge in [-0.1, -0.05) is 60.3 Å². The number of benzene rings is 2. The van der Waals surface area contributed by atoms with Gasteiger partial charge in [-0.3, -0.25) is 19.5 Å². The van der Waals surface area contributed by atoms with E-state index in [9.17, 15) is 9.59 Å². The highest BCUT2D eigenvalue weighted by Gasteiger charge is 2.39. The van der Waals surface area contributed by atoms with Crippen LogP contribution in [0, 0.1) is 0 Å². The monoisotopic (exact) mass is 421 g/mol. The lowest BCUT2D eigenvalue weighted by Gasteiger charge is -2.16. The van der Waals surface area contributed by atoms with E-state index in [1.165, 1.54) is 18.9 Å². The lowest BCUT2D eigenvalue weighted by Crippen LogP contribution is -2.34. The van der Waals surface area contributed by atoms with E-state index in [0.717, 1.165) is 22.0 Å². The largest absolute Gasteiger partial charge is 0.469 e. The summed E-state index contributed by atoms with van der Waals surface area (Å²) in [6.07, 6.45) is 2.74. The minimum absolute atomic E-state index is 0.0495. The fraction of sp³-hybridized carbons (Fsp3) is 0.261. The van der Waals surface area contributed by atoms with Crippen molar-refractivity contribution in [2.24, 2.45) is 4.99 Å². The third kappa shape index (κ3) is 4.41. The van der Waals surface area contributed by atoms with E-state index in [-0.39, 0.29) is 18.3 Å². The first kappa shape index (κ1) is 20.2. The number of aliphatic imine (C=N–C) groups is 1. The van der Waals surface area contributed by atoms with Crippen LogP contribution in [0.2, 0.25) is 0 Å². The normalized spacial score (nSPS) is 17.8. The lowest BCUT2D eigenvalue weighted by molar-refractivity contribution is -0.142. The molecule has 4 rings (SSSR count). The molecule has 30 heavy (non-hydrogen) atoms. The summed E-state index contributed by atoms with van der Waals surface area (Å²) in [5, 5.41) is 1.33. The summed E-state index contributed by atoms with van der Waals surface area (Å²) < 4.78 is 4.76. The summed E-state index contributed by atoms with van der Waals surface area (Å²) in [4.78, 5) is 34.4. The van der Waals surface area contributed by atoms with Gasteiger partial charge in [-0.05, 0) is 23.6 Å². The topological polar surface area (TPSA) is 74.8 Å². The van der Waals surface area contributed by atoms with Gasteiger partial charge < -0.3 is 9.72 Å². The van der Waals surface area contributed by atoms with Crippen molar-refractivity contribution in [1.29, 1.82) is 0 Å². The molecule has 1 N–H and O–H groups in total. The minimum Gasteiger partial charge on any atom is -0.469 e. The van der Waals surface area contributed by atoms with E-state index in [1.807, 2.05) is 54.7 Å². The number of nitrogens with one attached hydrogen (secondary N) is 1. The van der Waals surface area contributed by atoms with Crippen molar-refractivity contribution in [3.05, 3.63) is 71.9 Å². The number of nitrogens with zero attached hydrogens (tertiary/aromatic N) is 2. The molecule has 3 aromatic rings. The Morgan fingerprint density at radius 3 is 2.73 bits per heavy atom. The fourth-order valence-electron chi connectivity index (χ4n) is 3.51. The van der Waals surface area contributed by atoms with Crippen LogP contribution in [0.1, 0.15) is 17.5 Å². The van der Waals surface area contributed by atoms with Gasteiger partial charge in [-0.2, -0.15) is 0 Å². The van der Waals surface area contributed by atoms with E-state index in [4.69, 9.17) is 9.73 Å². The summed E-state index contributed by atoms with van der Waals surface area (Å²) in [6, 6.07) is 18.0. The number of thioether (sulfide) groups is 1. The van der Waals surface area contributed by atoms with Crippen LogP contribution < -0.4 is 0 Å². The number of carbonyl (C=O) groups excluding carboxylic acids is 2. The Hall–Kier alpha value is -3.06. The first-order chi connectivity index (χ1) is 14.7. The van der Waals surface area contributed by atoms with Crippen LogP contribution in [0.5, 0.6) is 0 Å². The molecule has 1 aromatic heterocycles. The van der Waals surface area contributed by atoms with Crippen LogP contribution in [-0.2, 0) is 27.3 Å². The number of fused-ring (bicyclic) bond motifs is 1. The molecule has 0 unspecified atom stereocenters. The van der Waals surface area contributed by atoms with Crippen molar-refractivity contribution in [2.75, 3.05) is 13.7 Å². The Labute approximate surface area is 179 Å². The van der Waals surface area contributed by atoms with E-state index in [0.29, 0.717) is 24.7 Å². The summed E-state index contributed by atoms with van der Waals surface area (Å²) in [5.41, 5.74) is 3.31. The zero-order valence-electron chi connectivity index (χ0n) is 16.7. The number of carbonyl (C=O) groups is 2. The summed E-state index contributed by atoms with van der Waals surface area (Å²) in [5.74, 6) is -0.473. The molecule has 0 bridgehead atoms. The Balaban J connectivity index is 1.53. The number of aromatic amines is 1. The van der Waals surface area contributed by atoms with E-state index in [1.54, 1.807) is 4.90 Å². The second-order valence-corrected chi connectivity index (χ2v) is 8.24. The highest BCUT2D eigenvalue weighted by atomic mass is 32.2. The molecule has 1 aliphatic rings. The molecule has 2 aromatic carbocycles. The quantitative estimate of drug-likeness (QED) is 0.589. The third-order valence-corrected chi connectivity index (χ3v) is 6.33.